The molecule has 0 spiro atoms. The highest BCUT2D eigenvalue weighted by Crippen LogP contribution is 2.26. The first-order valence-corrected chi connectivity index (χ1v) is 6.44. The molecule has 0 radical (unpaired) electrons. The van der Waals surface area contributed by atoms with Crippen molar-refractivity contribution in [2.45, 2.75) is 6.54 Å². The van der Waals surface area contributed by atoms with Gasteiger partial charge in [0.05, 0.1) is 18.7 Å². The molecule has 2 aromatic rings. The van der Waals surface area contributed by atoms with Crippen LogP contribution in [0.25, 0.3) is 0 Å². The molecule has 1 aromatic heterocycles. The second-order valence-electron chi connectivity index (χ2n) is 3.75. The molecule has 0 bridgehead atoms. The van der Waals surface area contributed by atoms with Gasteiger partial charge >= 0.3 is 0 Å². The minimum absolute atomic E-state index is 0.600. The van der Waals surface area contributed by atoms with Crippen LogP contribution in [0, 0.1) is 0 Å². The minimum atomic E-state index is 0.600. The van der Waals surface area contributed by atoms with Crippen LogP contribution in [-0.2, 0) is 6.54 Å². The molecule has 100 valence electrons. The summed E-state index contributed by atoms with van der Waals surface area (Å²) in [6, 6.07) is 5.71. The van der Waals surface area contributed by atoms with Gasteiger partial charge in [0.15, 0.2) is 0 Å². The number of nitrogens with zero attached hydrogens (tertiary/aromatic N) is 2. The number of halogens is 1. The Morgan fingerprint density at radius 2 is 2.11 bits per heavy atom. The molecule has 0 saturated carbocycles. The Labute approximate surface area is 120 Å². The standard InChI is InChI=1S/C13H14BrN3O2/c1-18-10-4-3-9(12(5-10)19-2)6-16-13-11(14)7-15-8-17-13/h3-5,7-8H,6H2,1-2H3,(H,15,16,17). The van der Waals surface area contributed by atoms with Crippen LogP contribution in [0.1, 0.15) is 5.56 Å². The van der Waals surface area contributed by atoms with Crippen molar-refractivity contribution in [2.75, 3.05) is 19.5 Å². The first-order valence-electron chi connectivity index (χ1n) is 5.65. The smallest absolute Gasteiger partial charge is 0.144 e. The molecule has 5 nitrogen and oxygen atoms in total. The van der Waals surface area contributed by atoms with Crippen LogP contribution in [0.4, 0.5) is 5.82 Å². The maximum Gasteiger partial charge on any atom is 0.144 e. The van der Waals surface area contributed by atoms with E-state index in [2.05, 4.69) is 31.2 Å². The normalized spacial score (nSPS) is 10.1. The molecule has 1 heterocycles. The highest BCUT2D eigenvalue weighted by Gasteiger charge is 2.06. The van der Waals surface area contributed by atoms with Gasteiger partial charge in [-0.3, -0.25) is 0 Å². The topological polar surface area (TPSA) is 56.3 Å². The molecule has 0 unspecified atom stereocenters. The fourth-order valence-corrected chi connectivity index (χ4v) is 1.98. The fraction of sp³-hybridized carbons (Fsp3) is 0.231. The third-order valence-corrected chi connectivity index (χ3v) is 3.19. The fourth-order valence-electron chi connectivity index (χ4n) is 1.62. The van der Waals surface area contributed by atoms with E-state index in [9.17, 15) is 0 Å². The minimum Gasteiger partial charge on any atom is -0.497 e. The average molecular weight is 324 g/mol. The summed E-state index contributed by atoms with van der Waals surface area (Å²) in [6.45, 7) is 0.600. The van der Waals surface area contributed by atoms with Crippen molar-refractivity contribution < 1.29 is 9.47 Å². The number of nitrogens with one attached hydrogen (secondary N) is 1. The predicted octanol–water partition coefficient (Wildman–Crippen LogP) is 2.87. The lowest BCUT2D eigenvalue weighted by Gasteiger charge is -2.12. The van der Waals surface area contributed by atoms with Crippen LogP contribution in [0.2, 0.25) is 0 Å². The number of anilines is 1. The zero-order chi connectivity index (χ0) is 13.7. The van der Waals surface area contributed by atoms with E-state index < -0.39 is 0 Å². The molecule has 0 aliphatic rings. The third kappa shape index (κ3) is 3.35. The van der Waals surface area contributed by atoms with Gasteiger partial charge in [0.2, 0.25) is 0 Å². The first-order chi connectivity index (χ1) is 9.24. The Morgan fingerprint density at radius 3 is 2.79 bits per heavy atom. The van der Waals surface area contributed by atoms with Gasteiger partial charge in [-0.1, -0.05) is 0 Å². The largest absolute Gasteiger partial charge is 0.497 e. The van der Waals surface area contributed by atoms with Crippen molar-refractivity contribution in [3.05, 3.63) is 40.8 Å². The van der Waals surface area contributed by atoms with Crippen LogP contribution in [0.3, 0.4) is 0 Å². The molecule has 2 rings (SSSR count). The lowest BCUT2D eigenvalue weighted by molar-refractivity contribution is 0.391. The van der Waals surface area contributed by atoms with Crippen molar-refractivity contribution in [3.8, 4) is 11.5 Å². The van der Waals surface area contributed by atoms with Gasteiger partial charge in [-0.25, -0.2) is 9.97 Å². The van der Waals surface area contributed by atoms with Crippen LogP contribution in [0.5, 0.6) is 11.5 Å². The maximum atomic E-state index is 5.34. The summed E-state index contributed by atoms with van der Waals surface area (Å²) in [5.74, 6) is 2.29. The van der Waals surface area contributed by atoms with Gasteiger partial charge in [0, 0.05) is 24.4 Å². The summed E-state index contributed by atoms with van der Waals surface area (Å²) in [6.07, 6.45) is 3.19. The monoisotopic (exact) mass is 323 g/mol. The Bertz CT molecular complexity index is 563. The third-order valence-electron chi connectivity index (χ3n) is 2.61. The van der Waals surface area contributed by atoms with Crippen molar-refractivity contribution >= 4 is 21.7 Å². The molecule has 0 amide bonds. The number of ether oxygens (including phenoxy) is 2. The number of methoxy groups -OCH3 is 2. The van der Waals surface area contributed by atoms with Gasteiger partial charge in [-0.05, 0) is 28.1 Å². The molecular weight excluding hydrogens is 310 g/mol. The summed E-state index contributed by atoms with van der Waals surface area (Å²) in [5, 5.41) is 3.22. The lowest BCUT2D eigenvalue weighted by atomic mass is 10.2. The van der Waals surface area contributed by atoms with Gasteiger partial charge in [-0.15, -0.1) is 0 Å². The molecule has 6 heteroatoms. The second-order valence-corrected chi connectivity index (χ2v) is 4.60. The molecule has 0 fully saturated rings. The molecular formula is C13H14BrN3O2. The number of hydrogen-bond acceptors (Lipinski definition) is 5. The summed E-state index contributed by atoms with van der Waals surface area (Å²) in [7, 11) is 3.27. The summed E-state index contributed by atoms with van der Waals surface area (Å²) >= 11 is 3.39. The molecule has 0 aliphatic carbocycles. The van der Waals surface area contributed by atoms with Crippen molar-refractivity contribution in [2.24, 2.45) is 0 Å². The molecule has 19 heavy (non-hydrogen) atoms. The Balaban J connectivity index is 2.13. The molecule has 1 N–H and O–H groups in total. The zero-order valence-electron chi connectivity index (χ0n) is 10.7. The van der Waals surface area contributed by atoms with Crippen LogP contribution < -0.4 is 14.8 Å². The number of aromatic nitrogens is 2. The van der Waals surface area contributed by atoms with Gasteiger partial charge in [0.1, 0.15) is 23.6 Å². The van der Waals surface area contributed by atoms with E-state index in [4.69, 9.17) is 9.47 Å². The van der Waals surface area contributed by atoms with Crippen LogP contribution in [0.15, 0.2) is 35.2 Å². The van der Waals surface area contributed by atoms with E-state index >= 15 is 0 Å². The second kappa shape index (κ2) is 6.38. The van der Waals surface area contributed by atoms with Gasteiger partial charge < -0.3 is 14.8 Å². The highest BCUT2D eigenvalue weighted by atomic mass is 79.9. The van der Waals surface area contributed by atoms with Crippen LogP contribution >= 0.6 is 15.9 Å². The summed E-state index contributed by atoms with van der Waals surface area (Å²) < 4.78 is 11.3. The number of benzene rings is 1. The maximum absolute atomic E-state index is 5.34. The van der Waals surface area contributed by atoms with E-state index in [-0.39, 0.29) is 0 Å². The summed E-state index contributed by atoms with van der Waals surface area (Å²) in [5.41, 5.74) is 1.02. The zero-order valence-corrected chi connectivity index (χ0v) is 12.3. The lowest BCUT2D eigenvalue weighted by Crippen LogP contribution is -2.04. The Kier molecular flexibility index (Phi) is 4.57. The van der Waals surface area contributed by atoms with E-state index in [1.54, 1.807) is 20.4 Å². The van der Waals surface area contributed by atoms with E-state index in [0.29, 0.717) is 6.54 Å². The number of rotatable bonds is 5. The molecule has 0 atom stereocenters. The van der Waals surface area contributed by atoms with Gasteiger partial charge in [-0.2, -0.15) is 0 Å². The van der Waals surface area contributed by atoms with E-state index in [0.717, 1.165) is 27.4 Å². The quantitative estimate of drug-likeness (QED) is 0.916. The van der Waals surface area contributed by atoms with Crippen molar-refractivity contribution in [3.63, 3.8) is 0 Å². The van der Waals surface area contributed by atoms with Crippen molar-refractivity contribution in [1.29, 1.82) is 0 Å². The van der Waals surface area contributed by atoms with Gasteiger partial charge in [0.25, 0.3) is 0 Å². The SMILES string of the molecule is COc1ccc(CNc2ncncc2Br)c(OC)c1. The van der Waals surface area contributed by atoms with Crippen LogP contribution in [-0.4, -0.2) is 24.2 Å². The van der Waals surface area contributed by atoms with E-state index in [1.165, 1.54) is 6.33 Å². The molecule has 0 aliphatic heterocycles. The molecule has 1 aromatic carbocycles. The van der Waals surface area contributed by atoms with E-state index in [1.807, 2.05) is 18.2 Å². The average Bonchev–Trinajstić information content (AvgIpc) is 2.46. The highest BCUT2D eigenvalue weighted by molar-refractivity contribution is 9.10. The Hall–Kier alpha value is -1.82. The summed E-state index contributed by atoms with van der Waals surface area (Å²) in [4.78, 5) is 8.07. The number of hydrogen-bond donors (Lipinski definition) is 1. The predicted molar refractivity (Wildman–Crippen MR) is 76.6 cm³/mol. The molecule has 0 saturated heterocycles. The Morgan fingerprint density at radius 1 is 1.26 bits per heavy atom. The first kappa shape index (κ1) is 13.6. The van der Waals surface area contributed by atoms with Crippen molar-refractivity contribution in [1.82, 2.24) is 9.97 Å².